The number of rotatable bonds is 4. The molecular weight excluding hydrogens is 124 g/mol. The van der Waals surface area contributed by atoms with Crippen molar-refractivity contribution in [3.63, 3.8) is 0 Å². The van der Waals surface area contributed by atoms with Crippen LogP contribution in [0.4, 0.5) is 0 Å². The molecule has 0 aromatic heterocycles. The highest BCUT2D eigenvalue weighted by Crippen LogP contribution is 1.96. The molecule has 0 heterocycles. The van der Waals surface area contributed by atoms with Gasteiger partial charge in [-0.05, 0) is 6.42 Å². The summed E-state index contributed by atoms with van der Waals surface area (Å²) in [7, 11) is 0. The van der Waals surface area contributed by atoms with Gasteiger partial charge in [0.2, 0.25) is 0 Å². The molecule has 0 unspecified atom stereocenters. The summed E-state index contributed by atoms with van der Waals surface area (Å²) in [5.41, 5.74) is 0. The normalized spacial score (nSPS) is 8.10. The minimum absolute atomic E-state index is 0.395. The van der Waals surface area contributed by atoms with Gasteiger partial charge in [0.05, 0.1) is 6.42 Å². The van der Waals surface area contributed by atoms with Crippen LogP contribution >= 0.6 is 0 Å². The highest BCUT2D eigenvalue weighted by atomic mass is 16.1. The molecule has 0 aromatic carbocycles. The summed E-state index contributed by atoms with van der Waals surface area (Å²) in [6, 6.07) is 0. The molecule has 56 valence electrons. The lowest BCUT2D eigenvalue weighted by molar-refractivity contribution is -0.107. The Kier molecular flexibility index (Phi) is 7.60. The van der Waals surface area contributed by atoms with Crippen molar-refractivity contribution >= 4 is 6.29 Å². The molecule has 1 nitrogen and oxygen atoms in total. The van der Waals surface area contributed by atoms with Gasteiger partial charge < -0.3 is 4.79 Å². The molecule has 0 aliphatic rings. The number of aldehydes is 1. The summed E-state index contributed by atoms with van der Waals surface area (Å²) in [6.45, 7) is 2.17. The molecule has 0 saturated carbocycles. The predicted molar refractivity (Wildman–Crippen MR) is 42.6 cm³/mol. The lowest BCUT2D eigenvalue weighted by atomic mass is 10.2. The molecule has 0 aliphatic carbocycles. The lowest BCUT2D eigenvalue weighted by Gasteiger charge is -1.87. The minimum atomic E-state index is 0.395. The van der Waals surface area contributed by atoms with E-state index in [-0.39, 0.29) is 0 Å². The lowest BCUT2D eigenvalue weighted by Crippen LogP contribution is -1.72. The van der Waals surface area contributed by atoms with Crippen LogP contribution in [-0.2, 0) is 4.79 Å². The Balaban J connectivity index is 3.03. The maximum absolute atomic E-state index is 9.79. The molecule has 1 heteroatoms. The highest BCUT2D eigenvalue weighted by molar-refractivity contribution is 5.53. The predicted octanol–water partition coefficient (Wildman–Crippen LogP) is 2.16. The Hall–Kier alpha value is -0.770. The van der Waals surface area contributed by atoms with Crippen molar-refractivity contribution in [1.29, 1.82) is 0 Å². The van der Waals surface area contributed by atoms with Crippen LogP contribution in [0.1, 0.15) is 39.0 Å². The van der Waals surface area contributed by atoms with Crippen molar-refractivity contribution in [3.8, 4) is 11.8 Å². The quantitative estimate of drug-likeness (QED) is 0.330. The van der Waals surface area contributed by atoms with E-state index in [1.807, 2.05) is 0 Å². The van der Waals surface area contributed by atoms with Crippen LogP contribution in [0.25, 0.3) is 0 Å². The van der Waals surface area contributed by atoms with Gasteiger partial charge in [-0.25, -0.2) is 0 Å². The van der Waals surface area contributed by atoms with Gasteiger partial charge in [0, 0.05) is 6.42 Å². The van der Waals surface area contributed by atoms with Gasteiger partial charge in [0.25, 0.3) is 0 Å². The topological polar surface area (TPSA) is 17.1 Å². The fourth-order valence-corrected chi connectivity index (χ4v) is 0.666. The Labute approximate surface area is 62.8 Å². The van der Waals surface area contributed by atoms with Crippen molar-refractivity contribution in [2.45, 2.75) is 39.0 Å². The first-order valence-corrected chi connectivity index (χ1v) is 3.81. The fourth-order valence-electron chi connectivity index (χ4n) is 0.666. The van der Waals surface area contributed by atoms with Gasteiger partial charge in [0.1, 0.15) is 6.29 Å². The summed E-state index contributed by atoms with van der Waals surface area (Å²) in [5, 5.41) is 0. The van der Waals surface area contributed by atoms with Gasteiger partial charge in [-0.3, -0.25) is 0 Å². The second-order valence-corrected chi connectivity index (χ2v) is 2.18. The minimum Gasteiger partial charge on any atom is -0.302 e. The number of hydrogen-bond donors (Lipinski definition) is 0. The molecule has 0 radical (unpaired) electrons. The van der Waals surface area contributed by atoms with E-state index in [1.54, 1.807) is 0 Å². The summed E-state index contributed by atoms with van der Waals surface area (Å²) < 4.78 is 0. The number of unbranched alkanes of at least 4 members (excludes halogenated alkanes) is 3. The molecule has 0 atom stereocenters. The van der Waals surface area contributed by atoms with Crippen molar-refractivity contribution in [1.82, 2.24) is 0 Å². The average molecular weight is 138 g/mol. The van der Waals surface area contributed by atoms with Crippen LogP contribution in [0.5, 0.6) is 0 Å². The largest absolute Gasteiger partial charge is 0.302 e. The molecule has 0 N–H and O–H groups in total. The van der Waals surface area contributed by atoms with Crippen LogP contribution in [0.3, 0.4) is 0 Å². The van der Waals surface area contributed by atoms with E-state index in [4.69, 9.17) is 0 Å². The van der Waals surface area contributed by atoms with Gasteiger partial charge >= 0.3 is 0 Å². The highest BCUT2D eigenvalue weighted by Gasteiger charge is 1.79. The molecule has 0 aromatic rings. The van der Waals surface area contributed by atoms with Gasteiger partial charge in [-0.15, -0.1) is 5.92 Å². The first-order chi connectivity index (χ1) is 4.91. The van der Waals surface area contributed by atoms with Crippen LogP contribution in [0, 0.1) is 11.8 Å². The van der Waals surface area contributed by atoms with Gasteiger partial charge in [-0.1, -0.05) is 25.7 Å². The third-order valence-corrected chi connectivity index (χ3v) is 1.22. The smallest absolute Gasteiger partial charge is 0.131 e. The summed E-state index contributed by atoms with van der Waals surface area (Å²) in [6.07, 6.45) is 5.83. The van der Waals surface area contributed by atoms with E-state index in [1.165, 1.54) is 19.3 Å². The Morgan fingerprint density at radius 2 is 2.10 bits per heavy atom. The fraction of sp³-hybridized carbons (Fsp3) is 0.667. The third kappa shape index (κ3) is 7.23. The number of hydrogen-bond acceptors (Lipinski definition) is 1. The summed E-state index contributed by atoms with van der Waals surface area (Å²) >= 11 is 0. The van der Waals surface area contributed by atoms with E-state index < -0.39 is 0 Å². The van der Waals surface area contributed by atoms with E-state index in [9.17, 15) is 4.79 Å². The second-order valence-electron chi connectivity index (χ2n) is 2.18. The molecule has 10 heavy (non-hydrogen) atoms. The zero-order valence-corrected chi connectivity index (χ0v) is 6.52. The second kappa shape index (κ2) is 8.23. The zero-order chi connectivity index (χ0) is 7.66. The van der Waals surface area contributed by atoms with E-state index in [0.29, 0.717) is 6.42 Å². The number of carbonyl (C=O) groups excluding carboxylic acids is 1. The third-order valence-electron chi connectivity index (χ3n) is 1.22. The first kappa shape index (κ1) is 9.23. The molecule has 0 saturated heterocycles. The Morgan fingerprint density at radius 1 is 1.30 bits per heavy atom. The van der Waals surface area contributed by atoms with Crippen molar-refractivity contribution < 1.29 is 4.79 Å². The first-order valence-electron chi connectivity index (χ1n) is 3.81. The average Bonchev–Trinajstić information content (AvgIpc) is 1.97. The zero-order valence-electron chi connectivity index (χ0n) is 6.52. The van der Waals surface area contributed by atoms with Crippen LogP contribution in [0.2, 0.25) is 0 Å². The molecule has 0 aliphatic heterocycles. The molecule has 0 spiro atoms. The SMILES string of the molecule is CCCCCC#CCC=O. The van der Waals surface area contributed by atoms with Crippen LogP contribution < -0.4 is 0 Å². The van der Waals surface area contributed by atoms with Crippen LogP contribution in [-0.4, -0.2) is 6.29 Å². The molecular formula is C9H14O. The molecule has 0 fully saturated rings. The van der Waals surface area contributed by atoms with E-state index in [2.05, 4.69) is 18.8 Å². The van der Waals surface area contributed by atoms with E-state index in [0.717, 1.165) is 12.7 Å². The number of carbonyl (C=O) groups is 1. The summed E-state index contributed by atoms with van der Waals surface area (Å²) in [5.74, 6) is 5.72. The molecule has 0 rings (SSSR count). The summed E-state index contributed by atoms with van der Waals surface area (Å²) in [4.78, 5) is 9.79. The van der Waals surface area contributed by atoms with Crippen molar-refractivity contribution in [2.24, 2.45) is 0 Å². The van der Waals surface area contributed by atoms with Crippen molar-refractivity contribution in [2.75, 3.05) is 0 Å². The van der Waals surface area contributed by atoms with Gasteiger partial charge in [-0.2, -0.15) is 0 Å². The molecule has 0 amide bonds. The Bertz CT molecular complexity index is 127. The van der Waals surface area contributed by atoms with E-state index >= 15 is 0 Å². The van der Waals surface area contributed by atoms with Crippen LogP contribution in [0.15, 0.2) is 0 Å². The van der Waals surface area contributed by atoms with Gasteiger partial charge in [0.15, 0.2) is 0 Å². The standard InChI is InChI=1S/C9H14O/c1-2-3-4-5-6-7-8-9-10/h9H,2-5,8H2,1H3. The molecule has 0 bridgehead atoms. The maximum Gasteiger partial charge on any atom is 0.131 e. The Morgan fingerprint density at radius 3 is 2.70 bits per heavy atom. The maximum atomic E-state index is 9.79. The van der Waals surface area contributed by atoms with Crippen molar-refractivity contribution in [3.05, 3.63) is 0 Å². The monoisotopic (exact) mass is 138 g/mol.